The molecule has 2 nitrogen and oxygen atoms in total. The van der Waals surface area contributed by atoms with Crippen LogP contribution in [-0.2, 0) is 0 Å². The van der Waals surface area contributed by atoms with Gasteiger partial charge in [0.05, 0.1) is 15.7 Å². The van der Waals surface area contributed by atoms with E-state index in [4.69, 9.17) is 23.2 Å². The highest BCUT2D eigenvalue weighted by atomic mass is 35.5. The predicted octanol–water partition coefficient (Wildman–Crippen LogP) is 3.96. The van der Waals surface area contributed by atoms with Crippen LogP contribution < -0.4 is 10.2 Å². The van der Waals surface area contributed by atoms with Gasteiger partial charge in [-0.05, 0) is 25.5 Å². The van der Waals surface area contributed by atoms with Crippen LogP contribution in [0.2, 0.25) is 10.0 Å². The third-order valence-corrected chi connectivity index (χ3v) is 4.34. The Morgan fingerprint density at radius 1 is 1.39 bits per heavy atom. The van der Waals surface area contributed by atoms with E-state index in [1.807, 2.05) is 12.1 Å². The summed E-state index contributed by atoms with van der Waals surface area (Å²) in [5.74, 6) is 0. The Morgan fingerprint density at radius 3 is 2.89 bits per heavy atom. The normalized spacial score (nSPS) is 24.3. The summed E-state index contributed by atoms with van der Waals surface area (Å²) in [7, 11) is 0. The lowest BCUT2D eigenvalue weighted by Crippen LogP contribution is -2.55. The molecule has 0 bridgehead atoms. The molecule has 0 radical (unpaired) electrons. The lowest BCUT2D eigenvalue weighted by atomic mass is 10.1. The van der Waals surface area contributed by atoms with E-state index < -0.39 is 0 Å². The van der Waals surface area contributed by atoms with Gasteiger partial charge in [-0.25, -0.2) is 0 Å². The highest BCUT2D eigenvalue weighted by molar-refractivity contribution is 6.43. The van der Waals surface area contributed by atoms with E-state index >= 15 is 0 Å². The smallest absolute Gasteiger partial charge is 0.0825 e. The van der Waals surface area contributed by atoms with E-state index in [1.54, 1.807) is 0 Å². The molecule has 1 heterocycles. The summed E-state index contributed by atoms with van der Waals surface area (Å²) in [6.45, 7) is 6.42. The van der Waals surface area contributed by atoms with Crippen molar-refractivity contribution < 1.29 is 0 Å². The van der Waals surface area contributed by atoms with Gasteiger partial charge < -0.3 is 10.2 Å². The zero-order valence-electron chi connectivity index (χ0n) is 10.9. The van der Waals surface area contributed by atoms with Gasteiger partial charge in [0.25, 0.3) is 0 Å². The van der Waals surface area contributed by atoms with Crippen molar-refractivity contribution in [2.24, 2.45) is 0 Å². The molecule has 0 saturated carbocycles. The summed E-state index contributed by atoms with van der Waals surface area (Å²) in [5, 5.41) is 4.89. The molecular weight excluding hydrogens is 267 g/mol. The second kappa shape index (κ2) is 6.14. The van der Waals surface area contributed by atoms with Crippen molar-refractivity contribution in [2.75, 3.05) is 18.0 Å². The zero-order valence-corrected chi connectivity index (χ0v) is 12.4. The van der Waals surface area contributed by atoms with Crippen LogP contribution in [0.1, 0.15) is 26.7 Å². The molecule has 18 heavy (non-hydrogen) atoms. The lowest BCUT2D eigenvalue weighted by Gasteiger charge is -2.41. The molecule has 0 spiro atoms. The second-order valence-electron chi connectivity index (χ2n) is 4.97. The minimum absolute atomic E-state index is 0.439. The van der Waals surface area contributed by atoms with Crippen molar-refractivity contribution in [3.8, 4) is 0 Å². The quantitative estimate of drug-likeness (QED) is 0.905. The molecule has 1 fully saturated rings. The highest BCUT2D eigenvalue weighted by Gasteiger charge is 2.26. The Balaban J connectivity index is 2.21. The van der Waals surface area contributed by atoms with Gasteiger partial charge in [0, 0.05) is 25.2 Å². The van der Waals surface area contributed by atoms with Crippen molar-refractivity contribution in [2.45, 2.75) is 38.8 Å². The van der Waals surface area contributed by atoms with Crippen LogP contribution in [0.5, 0.6) is 0 Å². The van der Waals surface area contributed by atoms with Crippen molar-refractivity contribution in [1.82, 2.24) is 5.32 Å². The lowest BCUT2D eigenvalue weighted by molar-refractivity contribution is 0.386. The summed E-state index contributed by atoms with van der Waals surface area (Å²) < 4.78 is 0. The van der Waals surface area contributed by atoms with E-state index in [0.717, 1.165) is 18.8 Å². The molecule has 0 amide bonds. The van der Waals surface area contributed by atoms with E-state index in [2.05, 4.69) is 30.1 Å². The fraction of sp³-hybridized carbons (Fsp3) is 0.571. The fourth-order valence-electron chi connectivity index (χ4n) is 2.52. The second-order valence-corrected chi connectivity index (χ2v) is 5.75. The number of piperazine rings is 1. The molecule has 1 saturated heterocycles. The summed E-state index contributed by atoms with van der Waals surface area (Å²) in [6.07, 6.45) is 2.39. The third-order valence-electron chi connectivity index (χ3n) is 3.53. The molecule has 2 atom stereocenters. The highest BCUT2D eigenvalue weighted by Crippen LogP contribution is 2.34. The maximum absolute atomic E-state index is 6.32. The van der Waals surface area contributed by atoms with Crippen LogP contribution in [0, 0.1) is 0 Å². The number of nitrogens with one attached hydrogen (secondary N) is 1. The molecular formula is C14H20Cl2N2. The largest absolute Gasteiger partial charge is 0.365 e. The van der Waals surface area contributed by atoms with Crippen molar-refractivity contribution in [3.63, 3.8) is 0 Å². The van der Waals surface area contributed by atoms with Gasteiger partial charge >= 0.3 is 0 Å². The summed E-state index contributed by atoms with van der Waals surface area (Å²) >= 11 is 12.4. The van der Waals surface area contributed by atoms with Gasteiger partial charge in [-0.1, -0.05) is 42.6 Å². The molecule has 1 aromatic carbocycles. The zero-order chi connectivity index (χ0) is 13.1. The maximum Gasteiger partial charge on any atom is 0.0825 e. The molecule has 1 N–H and O–H groups in total. The summed E-state index contributed by atoms with van der Waals surface area (Å²) in [4.78, 5) is 2.37. The standard InChI is InChI=1S/C14H20Cl2N2/c1-3-5-11-9-18(10(2)8-17-11)13-7-4-6-12(15)14(13)16/h4,6-7,10-11,17H,3,5,8-9H2,1-2H3. The summed E-state index contributed by atoms with van der Waals surface area (Å²) in [5.41, 5.74) is 1.05. The number of hydrogen-bond acceptors (Lipinski definition) is 2. The molecule has 2 unspecified atom stereocenters. The first-order valence-electron chi connectivity index (χ1n) is 6.57. The number of hydrogen-bond donors (Lipinski definition) is 1. The topological polar surface area (TPSA) is 15.3 Å². The average molecular weight is 287 g/mol. The first-order chi connectivity index (χ1) is 8.63. The van der Waals surface area contributed by atoms with Crippen molar-refractivity contribution >= 4 is 28.9 Å². The number of anilines is 1. The molecule has 4 heteroatoms. The van der Waals surface area contributed by atoms with Gasteiger partial charge in [-0.2, -0.15) is 0 Å². The third kappa shape index (κ3) is 2.93. The number of rotatable bonds is 3. The molecule has 2 rings (SSSR count). The minimum Gasteiger partial charge on any atom is -0.365 e. The van der Waals surface area contributed by atoms with Gasteiger partial charge in [0.15, 0.2) is 0 Å². The first-order valence-corrected chi connectivity index (χ1v) is 7.33. The van der Waals surface area contributed by atoms with Crippen LogP contribution in [-0.4, -0.2) is 25.2 Å². The van der Waals surface area contributed by atoms with E-state index in [-0.39, 0.29) is 0 Å². The van der Waals surface area contributed by atoms with Gasteiger partial charge in [-0.15, -0.1) is 0 Å². The monoisotopic (exact) mass is 286 g/mol. The van der Waals surface area contributed by atoms with Gasteiger partial charge in [0.1, 0.15) is 0 Å². The molecule has 100 valence electrons. The van der Waals surface area contributed by atoms with Crippen LogP contribution in [0.15, 0.2) is 18.2 Å². The van der Waals surface area contributed by atoms with Gasteiger partial charge in [0.2, 0.25) is 0 Å². The van der Waals surface area contributed by atoms with Crippen LogP contribution in [0.4, 0.5) is 5.69 Å². The number of halogens is 2. The maximum atomic E-state index is 6.32. The van der Waals surface area contributed by atoms with Crippen molar-refractivity contribution in [3.05, 3.63) is 28.2 Å². The Hall–Kier alpha value is -0.440. The average Bonchev–Trinajstić information content (AvgIpc) is 2.36. The molecule has 0 aromatic heterocycles. The van der Waals surface area contributed by atoms with Crippen LogP contribution >= 0.6 is 23.2 Å². The van der Waals surface area contributed by atoms with Crippen LogP contribution in [0.3, 0.4) is 0 Å². The molecule has 1 aromatic rings. The SMILES string of the molecule is CCCC1CN(c2cccc(Cl)c2Cl)C(C)CN1. The molecule has 1 aliphatic rings. The Bertz CT molecular complexity index is 409. The Morgan fingerprint density at radius 2 is 2.17 bits per heavy atom. The molecule has 1 aliphatic heterocycles. The van der Waals surface area contributed by atoms with Gasteiger partial charge in [-0.3, -0.25) is 0 Å². The predicted molar refractivity (Wildman–Crippen MR) is 80.0 cm³/mol. The van der Waals surface area contributed by atoms with Crippen LogP contribution in [0.25, 0.3) is 0 Å². The first kappa shape index (κ1) is 14.0. The minimum atomic E-state index is 0.439. The van der Waals surface area contributed by atoms with E-state index in [0.29, 0.717) is 22.1 Å². The summed E-state index contributed by atoms with van der Waals surface area (Å²) in [6, 6.07) is 6.84. The number of benzene rings is 1. The van der Waals surface area contributed by atoms with E-state index in [1.165, 1.54) is 12.8 Å². The number of nitrogens with zero attached hydrogens (tertiary/aromatic N) is 1. The Kier molecular flexibility index (Phi) is 4.77. The molecule has 0 aliphatic carbocycles. The van der Waals surface area contributed by atoms with Crippen molar-refractivity contribution in [1.29, 1.82) is 0 Å². The Labute approximate surface area is 119 Å². The van der Waals surface area contributed by atoms with E-state index in [9.17, 15) is 0 Å². The fourth-order valence-corrected chi connectivity index (χ4v) is 2.93.